The van der Waals surface area contributed by atoms with Crippen LogP contribution in [0.2, 0.25) is 0 Å². The molecule has 0 saturated carbocycles. The first-order chi connectivity index (χ1) is 9.15. The summed E-state index contributed by atoms with van der Waals surface area (Å²) < 4.78 is 2.06. The van der Waals surface area contributed by atoms with Crippen LogP contribution >= 0.6 is 0 Å². The summed E-state index contributed by atoms with van der Waals surface area (Å²) in [7, 11) is 0. The molecule has 0 aliphatic carbocycles. The first-order valence-electron chi connectivity index (χ1n) is 6.06. The molecular formula is C16H13NO2. The van der Waals surface area contributed by atoms with E-state index in [1.807, 2.05) is 18.3 Å². The van der Waals surface area contributed by atoms with Gasteiger partial charge in [0.1, 0.15) is 0 Å². The van der Waals surface area contributed by atoms with Crippen molar-refractivity contribution < 1.29 is 9.90 Å². The van der Waals surface area contributed by atoms with Gasteiger partial charge >= 0.3 is 5.97 Å². The molecule has 0 amide bonds. The number of aryl methyl sites for hydroxylation is 1. The van der Waals surface area contributed by atoms with Crippen LogP contribution in [0.3, 0.4) is 0 Å². The minimum absolute atomic E-state index is 0.314. The summed E-state index contributed by atoms with van der Waals surface area (Å²) in [6.45, 7) is 2.05. The second-order valence-electron chi connectivity index (χ2n) is 4.60. The van der Waals surface area contributed by atoms with E-state index in [0.29, 0.717) is 5.56 Å². The summed E-state index contributed by atoms with van der Waals surface area (Å²) in [6, 6.07) is 15.3. The quantitative estimate of drug-likeness (QED) is 0.755. The molecule has 94 valence electrons. The Morgan fingerprint density at radius 2 is 1.79 bits per heavy atom. The molecule has 1 heterocycles. The maximum absolute atomic E-state index is 11.0. The predicted molar refractivity (Wildman–Crippen MR) is 75.0 cm³/mol. The standard InChI is InChI=1S/C16H13NO2/c1-11-2-5-14(6-3-11)17-9-8-12-10-13(16(18)19)4-7-15(12)17/h2-10H,1H3,(H,18,19). The summed E-state index contributed by atoms with van der Waals surface area (Å²) in [6.07, 6.45) is 1.96. The van der Waals surface area contributed by atoms with Gasteiger partial charge in [-0.1, -0.05) is 17.7 Å². The smallest absolute Gasteiger partial charge is 0.335 e. The first-order valence-corrected chi connectivity index (χ1v) is 6.06. The summed E-state index contributed by atoms with van der Waals surface area (Å²) in [5, 5.41) is 9.92. The Bertz CT molecular complexity index is 754. The Morgan fingerprint density at radius 1 is 1.05 bits per heavy atom. The number of hydrogen-bond donors (Lipinski definition) is 1. The molecule has 3 rings (SSSR count). The van der Waals surface area contributed by atoms with E-state index in [1.165, 1.54) is 5.56 Å². The topological polar surface area (TPSA) is 42.2 Å². The van der Waals surface area contributed by atoms with Crippen molar-refractivity contribution in [1.82, 2.24) is 4.57 Å². The minimum atomic E-state index is -0.898. The first kappa shape index (κ1) is 11.5. The summed E-state index contributed by atoms with van der Waals surface area (Å²) in [4.78, 5) is 11.0. The van der Waals surface area contributed by atoms with E-state index in [1.54, 1.807) is 12.1 Å². The lowest BCUT2D eigenvalue weighted by Crippen LogP contribution is -1.96. The van der Waals surface area contributed by atoms with Crippen LogP contribution in [0.4, 0.5) is 0 Å². The van der Waals surface area contributed by atoms with Crippen molar-refractivity contribution in [1.29, 1.82) is 0 Å². The number of nitrogens with zero attached hydrogens (tertiary/aromatic N) is 1. The molecular weight excluding hydrogens is 238 g/mol. The Kier molecular flexibility index (Phi) is 2.60. The van der Waals surface area contributed by atoms with Gasteiger partial charge < -0.3 is 9.67 Å². The van der Waals surface area contributed by atoms with Crippen LogP contribution in [-0.4, -0.2) is 15.6 Å². The van der Waals surface area contributed by atoms with E-state index >= 15 is 0 Å². The van der Waals surface area contributed by atoms with E-state index in [0.717, 1.165) is 16.6 Å². The molecule has 0 unspecified atom stereocenters. The fourth-order valence-electron chi connectivity index (χ4n) is 2.21. The van der Waals surface area contributed by atoms with Crippen molar-refractivity contribution in [2.24, 2.45) is 0 Å². The van der Waals surface area contributed by atoms with E-state index in [2.05, 4.69) is 35.8 Å². The van der Waals surface area contributed by atoms with Crippen LogP contribution in [0.1, 0.15) is 15.9 Å². The molecule has 0 bridgehead atoms. The fraction of sp³-hybridized carbons (Fsp3) is 0.0625. The monoisotopic (exact) mass is 251 g/mol. The van der Waals surface area contributed by atoms with Crippen LogP contribution in [0.15, 0.2) is 54.7 Å². The van der Waals surface area contributed by atoms with Gasteiger partial charge in [-0.25, -0.2) is 4.79 Å². The number of aromatic carboxylic acids is 1. The number of carboxylic acid groups (broad SMARTS) is 1. The molecule has 19 heavy (non-hydrogen) atoms. The number of benzene rings is 2. The number of aromatic nitrogens is 1. The van der Waals surface area contributed by atoms with Gasteiger partial charge in [-0.2, -0.15) is 0 Å². The number of carboxylic acids is 1. The fourth-order valence-corrected chi connectivity index (χ4v) is 2.21. The maximum atomic E-state index is 11.0. The lowest BCUT2D eigenvalue weighted by molar-refractivity contribution is 0.0697. The molecule has 0 saturated heterocycles. The van der Waals surface area contributed by atoms with Gasteiger partial charge in [0, 0.05) is 17.3 Å². The van der Waals surface area contributed by atoms with Crippen molar-refractivity contribution >= 4 is 16.9 Å². The van der Waals surface area contributed by atoms with Gasteiger partial charge in [0.2, 0.25) is 0 Å². The second kappa shape index (κ2) is 4.28. The second-order valence-corrected chi connectivity index (χ2v) is 4.60. The number of hydrogen-bond acceptors (Lipinski definition) is 1. The van der Waals surface area contributed by atoms with Crippen molar-refractivity contribution in [3.8, 4) is 5.69 Å². The molecule has 0 aliphatic heterocycles. The third-order valence-electron chi connectivity index (χ3n) is 3.25. The van der Waals surface area contributed by atoms with Gasteiger partial charge in [-0.05, 0) is 43.3 Å². The molecule has 0 radical (unpaired) electrons. The van der Waals surface area contributed by atoms with E-state index in [9.17, 15) is 4.79 Å². The number of fused-ring (bicyclic) bond motifs is 1. The van der Waals surface area contributed by atoms with E-state index in [-0.39, 0.29) is 0 Å². The Hall–Kier alpha value is -2.55. The third-order valence-corrected chi connectivity index (χ3v) is 3.25. The highest BCUT2D eigenvalue weighted by Crippen LogP contribution is 2.22. The zero-order chi connectivity index (χ0) is 13.4. The molecule has 0 atom stereocenters. The van der Waals surface area contributed by atoms with Crippen molar-refractivity contribution in [2.75, 3.05) is 0 Å². The lowest BCUT2D eigenvalue weighted by atomic mass is 10.1. The highest BCUT2D eigenvalue weighted by Gasteiger charge is 2.07. The van der Waals surface area contributed by atoms with Crippen LogP contribution in [0.25, 0.3) is 16.6 Å². The number of carbonyl (C=O) groups is 1. The summed E-state index contributed by atoms with van der Waals surface area (Å²) in [5.41, 5.74) is 3.61. The molecule has 0 aliphatic rings. The molecule has 0 spiro atoms. The maximum Gasteiger partial charge on any atom is 0.335 e. The van der Waals surface area contributed by atoms with Crippen LogP contribution in [-0.2, 0) is 0 Å². The lowest BCUT2D eigenvalue weighted by Gasteiger charge is -2.06. The van der Waals surface area contributed by atoms with E-state index in [4.69, 9.17) is 5.11 Å². The predicted octanol–water partition coefficient (Wildman–Crippen LogP) is 3.64. The highest BCUT2D eigenvalue weighted by atomic mass is 16.4. The van der Waals surface area contributed by atoms with E-state index < -0.39 is 5.97 Å². The number of rotatable bonds is 2. The molecule has 1 aromatic heterocycles. The van der Waals surface area contributed by atoms with Gasteiger partial charge in [0.05, 0.1) is 11.1 Å². The Morgan fingerprint density at radius 3 is 2.47 bits per heavy atom. The zero-order valence-electron chi connectivity index (χ0n) is 10.5. The average Bonchev–Trinajstić information content (AvgIpc) is 2.82. The van der Waals surface area contributed by atoms with Crippen molar-refractivity contribution in [3.05, 3.63) is 65.9 Å². The van der Waals surface area contributed by atoms with Crippen molar-refractivity contribution in [3.63, 3.8) is 0 Å². The zero-order valence-corrected chi connectivity index (χ0v) is 10.5. The van der Waals surface area contributed by atoms with Gasteiger partial charge in [-0.15, -0.1) is 0 Å². The minimum Gasteiger partial charge on any atom is -0.478 e. The Labute approximate surface area is 110 Å². The molecule has 3 nitrogen and oxygen atoms in total. The van der Waals surface area contributed by atoms with Crippen molar-refractivity contribution in [2.45, 2.75) is 6.92 Å². The van der Waals surface area contributed by atoms with Gasteiger partial charge in [-0.3, -0.25) is 0 Å². The van der Waals surface area contributed by atoms with Gasteiger partial charge in [0.25, 0.3) is 0 Å². The molecule has 0 fully saturated rings. The molecule has 3 heteroatoms. The molecule has 1 N–H and O–H groups in total. The molecule has 3 aromatic rings. The summed E-state index contributed by atoms with van der Waals surface area (Å²) >= 11 is 0. The largest absolute Gasteiger partial charge is 0.478 e. The highest BCUT2D eigenvalue weighted by molar-refractivity contribution is 5.94. The molecule has 2 aromatic carbocycles. The average molecular weight is 251 g/mol. The van der Waals surface area contributed by atoms with Gasteiger partial charge in [0.15, 0.2) is 0 Å². The van der Waals surface area contributed by atoms with Crippen LogP contribution in [0.5, 0.6) is 0 Å². The Balaban J connectivity index is 2.15. The normalized spacial score (nSPS) is 10.8. The third kappa shape index (κ3) is 1.99. The van der Waals surface area contributed by atoms with Crippen LogP contribution in [0, 0.1) is 6.92 Å². The SMILES string of the molecule is Cc1ccc(-n2ccc3cc(C(=O)O)ccc32)cc1. The van der Waals surface area contributed by atoms with Crippen LogP contribution < -0.4 is 0 Å². The summed E-state index contributed by atoms with van der Waals surface area (Å²) in [5.74, 6) is -0.898.